The number of carbonyl (C=O) groups excluding carboxylic acids is 1. The molecule has 3 unspecified atom stereocenters. The van der Waals surface area contributed by atoms with E-state index in [1.165, 1.54) is 0 Å². The highest BCUT2D eigenvalue weighted by Crippen LogP contribution is 2.17. The van der Waals surface area contributed by atoms with Crippen LogP contribution in [-0.4, -0.2) is 57.1 Å². The van der Waals surface area contributed by atoms with Crippen LogP contribution in [0.3, 0.4) is 0 Å². The molecule has 0 saturated carbocycles. The normalized spacial score (nSPS) is 27.2. The number of hydrogen-bond donors (Lipinski definition) is 2. The van der Waals surface area contributed by atoms with Gasteiger partial charge < -0.3 is 25.3 Å². The van der Waals surface area contributed by atoms with Crippen LogP contribution in [0, 0.1) is 5.92 Å². The lowest BCUT2D eigenvalue weighted by molar-refractivity contribution is -0.125. The zero-order valence-electron chi connectivity index (χ0n) is 12.2. The first kappa shape index (κ1) is 15.7. The highest BCUT2D eigenvalue weighted by Gasteiger charge is 2.27. The fourth-order valence-electron chi connectivity index (χ4n) is 2.59. The second-order valence-corrected chi connectivity index (χ2v) is 5.70. The minimum absolute atomic E-state index is 0.0333. The Kier molecular flexibility index (Phi) is 6.22. The van der Waals surface area contributed by atoms with Gasteiger partial charge in [0.25, 0.3) is 0 Å². The lowest BCUT2D eigenvalue weighted by Gasteiger charge is -2.28. The molecular formula is C14H26N2O4. The van der Waals surface area contributed by atoms with Crippen molar-refractivity contribution in [3.8, 4) is 0 Å². The lowest BCUT2D eigenvalue weighted by Crippen LogP contribution is -2.50. The summed E-state index contributed by atoms with van der Waals surface area (Å²) < 4.78 is 16.2. The van der Waals surface area contributed by atoms with Crippen molar-refractivity contribution in [3.05, 3.63) is 0 Å². The first-order chi connectivity index (χ1) is 9.66. The van der Waals surface area contributed by atoms with E-state index in [2.05, 4.69) is 5.32 Å². The Morgan fingerprint density at radius 2 is 2.00 bits per heavy atom. The maximum Gasteiger partial charge on any atom is 0.237 e. The van der Waals surface area contributed by atoms with Crippen molar-refractivity contribution in [1.29, 1.82) is 0 Å². The second-order valence-electron chi connectivity index (χ2n) is 5.70. The van der Waals surface area contributed by atoms with E-state index in [1.807, 2.05) is 6.92 Å². The van der Waals surface area contributed by atoms with Crippen molar-refractivity contribution in [1.82, 2.24) is 5.32 Å². The average Bonchev–Trinajstić information content (AvgIpc) is 2.98. The third kappa shape index (κ3) is 4.70. The zero-order valence-corrected chi connectivity index (χ0v) is 12.2. The van der Waals surface area contributed by atoms with E-state index in [1.54, 1.807) is 0 Å². The summed E-state index contributed by atoms with van der Waals surface area (Å²) in [6.45, 7) is 5.25. The molecule has 6 heteroatoms. The van der Waals surface area contributed by atoms with E-state index in [0.29, 0.717) is 26.4 Å². The van der Waals surface area contributed by atoms with Gasteiger partial charge in [-0.1, -0.05) is 0 Å². The molecule has 2 rings (SSSR count). The van der Waals surface area contributed by atoms with Crippen LogP contribution in [0.15, 0.2) is 0 Å². The van der Waals surface area contributed by atoms with E-state index in [-0.39, 0.29) is 24.0 Å². The Bertz CT molecular complexity index is 302. The molecule has 2 saturated heterocycles. The van der Waals surface area contributed by atoms with Crippen molar-refractivity contribution < 1.29 is 19.0 Å². The van der Waals surface area contributed by atoms with Crippen LogP contribution in [0.2, 0.25) is 0 Å². The summed E-state index contributed by atoms with van der Waals surface area (Å²) in [5.74, 6) is 0.135. The average molecular weight is 286 g/mol. The number of amides is 1. The molecule has 116 valence electrons. The maximum atomic E-state index is 12.1. The maximum absolute atomic E-state index is 12.1. The van der Waals surface area contributed by atoms with Crippen LogP contribution in [0.25, 0.3) is 0 Å². The monoisotopic (exact) mass is 286 g/mol. The first-order valence-electron chi connectivity index (χ1n) is 7.50. The molecular weight excluding hydrogens is 260 g/mol. The zero-order chi connectivity index (χ0) is 14.4. The van der Waals surface area contributed by atoms with Gasteiger partial charge in [-0.25, -0.2) is 0 Å². The van der Waals surface area contributed by atoms with Gasteiger partial charge in [-0.15, -0.1) is 0 Å². The van der Waals surface area contributed by atoms with Gasteiger partial charge in [-0.3, -0.25) is 4.79 Å². The van der Waals surface area contributed by atoms with Gasteiger partial charge in [-0.05, 0) is 32.1 Å². The molecule has 2 heterocycles. The van der Waals surface area contributed by atoms with Crippen molar-refractivity contribution in [2.24, 2.45) is 11.7 Å². The molecule has 0 bridgehead atoms. The molecule has 0 aromatic carbocycles. The molecule has 0 spiro atoms. The molecule has 2 fully saturated rings. The number of hydrogen-bond acceptors (Lipinski definition) is 5. The minimum atomic E-state index is -0.448. The molecule has 1 amide bonds. The van der Waals surface area contributed by atoms with E-state index >= 15 is 0 Å². The molecule has 2 aliphatic heterocycles. The Morgan fingerprint density at radius 1 is 1.30 bits per heavy atom. The van der Waals surface area contributed by atoms with Crippen LogP contribution >= 0.6 is 0 Å². The number of nitrogens with two attached hydrogens (primary N) is 1. The largest absolute Gasteiger partial charge is 0.381 e. The van der Waals surface area contributed by atoms with E-state index in [9.17, 15) is 4.79 Å². The van der Waals surface area contributed by atoms with Crippen LogP contribution in [0.5, 0.6) is 0 Å². The van der Waals surface area contributed by atoms with Crippen LogP contribution in [0.4, 0.5) is 0 Å². The highest BCUT2D eigenvalue weighted by atomic mass is 16.5. The van der Waals surface area contributed by atoms with E-state index in [4.69, 9.17) is 19.9 Å². The number of carbonyl (C=O) groups is 1. The Balaban J connectivity index is 1.66. The van der Waals surface area contributed by atoms with Gasteiger partial charge in [-0.2, -0.15) is 0 Å². The molecule has 20 heavy (non-hydrogen) atoms. The number of rotatable bonds is 6. The molecule has 0 aromatic rings. The predicted molar refractivity (Wildman–Crippen MR) is 74.3 cm³/mol. The summed E-state index contributed by atoms with van der Waals surface area (Å²) in [5, 5.41) is 2.93. The summed E-state index contributed by atoms with van der Waals surface area (Å²) in [6, 6.07) is -0.481. The molecule has 0 radical (unpaired) electrons. The van der Waals surface area contributed by atoms with E-state index < -0.39 is 6.04 Å². The van der Waals surface area contributed by atoms with Crippen molar-refractivity contribution in [3.63, 3.8) is 0 Å². The summed E-state index contributed by atoms with van der Waals surface area (Å²) in [5.41, 5.74) is 6.03. The predicted octanol–water partition coefficient (Wildman–Crippen LogP) is 0.0505. The summed E-state index contributed by atoms with van der Waals surface area (Å²) in [6.07, 6.45) is 2.82. The highest BCUT2D eigenvalue weighted by molar-refractivity contribution is 5.82. The quantitative estimate of drug-likeness (QED) is 0.721. The van der Waals surface area contributed by atoms with Crippen LogP contribution in [-0.2, 0) is 19.0 Å². The molecule has 0 aromatic heterocycles. The number of ether oxygens (including phenoxy) is 3. The van der Waals surface area contributed by atoms with Gasteiger partial charge in [0, 0.05) is 25.9 Å². The topological polar surface area (TPSA) is 82.8 Å². The minimum Gasteiger partial charge on any atom is -0.381 e. The van der Waals surface area contributed by atoms with Crippen LogP contribution < -0.4 is 11.1 Å². The Morgan fingerprint density at radius 3 is 2.65 bits per heavy atom. The Hall–Kier alpha value is -0.690. The van der Waals surface area contributed by atoms with Crippen molar-refractivity contribution in [2.75, 3.05) is 33.0 Å². The summed E-state index contributed by atoms with van der Waals surface area (Å²) in [4.78, 5) is 12.1. The number of nitrogens with one attached hydrogen (secondary N) is 1. The van der Waals surface area contributed by atoms with Gasteiger partial charge in [0.2, 0.25) is 5.91 Å². The van der Waals surface area contributed by atoms with Crippen LogP contribution in [0.1, 0.15) is 26.2 Å². The summed E-state index contributed by atoms with van der Waals surface area (Å²) >= 11 is 0. The standard InChI is InChI=1S/C14H26N2O4/c1-10(8-20-12-4-7-19-9-12)16-14(17)13(15)11-2-5-18-6-3-11/h10-13H,2-9,15H2,1H3,(H,16,17). The van der Waals surface area contributed by atoms with Gasteiger partial charge >= 0.3 is 0 Å². The smallest absolute Gasteiger partial charge is 0.237 e. The molecule has 3 atom stereocenters. The van der Waals surface area contributed by atoms with Gasteiger partial charge in [0.1, 0.15) is 0 Å². The van der Waals surface area contributed by atoms with E-state index in [0.717, 1.165) is 25.9 Å². The Labute approximate surface area is 120 Å². The van der Waals surface area contributed by atoms with Crippen molar-refractivity contribution in [2.45, 2.75) is 44.4 Å². The first-order valence-corrected chi connectivity index (χ1v) is 7.50. The fraction of sp³-hybridized carbons (Fsp3) is 0.929. The SMILES string of the molecule is CC(COC1CCOC1)NC(=O)C(N)C1CCOCC1. The second kappa shape index (κ2) is 7.93. The third-order valence-electron chi connectivity index (χ3n) is 3.94. The summed E-state index contributed by atoms with van der Waals surface area (Å²) in [7, 11) is 0. The van der Waals surface area contributed by atoms with Gasteiger partial charge in [0.15, 0.2) is 0 Å². The third-order valence-corrected chi connectivity index (χ3v) is 3.94. The molecule has 3 N–H and O–H groups in total. The van der Waals surface area contributed by atoms with Crippen molar-refractivity contribution >= 4 is 5.91 Å². The molecule has 2 aliphatic rings. The fourth-order valence-corrected chi connectivity index (χ4v) is 2.59. The lowest BCUT2D eigenvalue weighted by atomic mass is 9.92. The molecule has 6 nitrogen and oxygen atoms in total. The van der Waals surface area contributed by atoms with Gasteiger partial charge in [0.05, 0.1) is 25.4 Å². The molecule has 0 aliphatic carbocycles.